The molecule has 2 aromatic rings. The van der Waals surface area contributed by atoms with Crippen molar-refractivity contribution in [2.24, 2.45) is 7.05 Å². The Bertz CT molecular complexity index is 665. The third kappa shape index (κ3) is 5.06. The van der Waals surface area contributed by atoms with Crippen LogP contribution in [0.5, 0.6) is 0 Å². The minimum absolute atomic E-state index is 0.0849. The normalized spacial score (nSPS) is 12.2. The van der Waals surface area contributed by atoms with Crippen LogP contribution in [0.4, 0.5) is 0 Å². The molecule has 0 saturated heterocycles. The highest BCUT2D eigenvalue weighted by Gasteiger charge is 2.20. The molecule has 2 rings (SSSR count). The summed E-state index contributed by atoms with van der Waals surface area (Å²) in [4.78, 5) is 23.0. The second-order valence-electron chi connectivity index (χ2n) is 5.73. The lowest BCUT2D eigenvalue weighted by Gasteiger charge is -2.20. The summed E-state index contributed by atoms with van der Waals surface area (Å²) in [6, 6.07) is 1.93. The molecule has 23 heavy (non-hydrogen) atoms. The standard InChI is InChI=1S/C16H23N5OS/c1-11-8-12(2)19-16(18-11)23-13(3)15(22)20(4)7-6-14-9-17-21(5)10-14/h8-10,13H,6-7H2,1-5H3/t13-/m0/s1. The van der Waals surface area contributed by atoms with E-state index in [2.05, 4.69) is 15.1 Å². The van der Waals surface area contributed by atoms with Gasteiger partial charge in [0.1, 0.15) is 0 Å². The number of rotatable bonds is 6. The van der Waals surface area contributed by atoms with E-state index in [9.17, 15) is 4.79 Å². The molecular weight excluding hydrogens is 310 g/mol. The van der Waals surface area contributed by atoms with E-state index in [1.54, 1.807) is 9.58 Å². The predicted octanol–water partition coefficient (Wildman–Crippen LogP) is 2.01. The Balaban J connectivity index is 1.90. The van der Waals surface area contributed by atoms with Crippen LogP contribution in [0.1, 0.15) is 23.9 Å². The number of carbonyl (C=O) groups excluding carboxylic acids is 1. The lowest BCUT2D eigenvalue weighted by molar-refractivity contribution is -0.129. The Kier molecular flexibility index (Phi) is 5.76. The lowest BCUT2D eigenvalue weighted by atomic mass is 10.2. The first-order valence-corrected chi connectivity index (χ1v) is 8.44. The number of aromatic nitrogens is 4. The molecule has 124 valence electrons. The van der Waals surface area contributed by atoms with Gasteiger partial charge in [-0.1, -0.05) is 11.8 Å². The third-order valence-corrected chi connectivity index (χ3v) is 4.41. The summed E-state index contributed by atoms with van der Waals surface area (Å²) >= 11 is 1.40. The summed E-state index contributed by atoms with van der Waals surface area (Å²) in [5, 5.41) is 4.58. The zero-order chi connectivity index (χ0) is 17.0. The summed E-state index contributed by atoms with van der Waals surface area (Å²) in [7, 11) is 3.72. The molecule has 2 heterocycles. The second-order valence-corrected chi connectivity index (χ2v) is 7.03. The molecule has 0 radical (unpaired) electrons. The van der Waals surface area contributed by atoms with E-state index < -0.39 is 0 Å². The fourth-order valence-electron chi connectivity index (χ4n) is 2.27. The quantitative estimate of drug-likeness (QED) is 0.598. The molecule has 1 amide bonds. The van der Waals surface area contributed by atoms with Crippen LogP contribution in [0, 0.1) is 13.8 Å². The summed E-state index contributed by atoms with van der Waals surface area (Å²) in [6.45, 7) is 6.44. The zero-order valence-corrected chi connectivity index (χ0v) is 15.1. The van der Waals surface area contributed by atoms with Crippen molar-refractivity contribution >= 4 is 17.7 Å². The van der Waals surface area contributed by atoms with Gasteiger partial charge in [-0.3, -0.25) is 9.48 Å². The van der Waals surface area contributed by atoms with Gasteiger partial charge in [0.2, 0.25) is 5.91 Å². The van der Waals surface area contributed by atoms with Crippen molar-refractivity contribution in [2.45, 2.75) is 37.6 Å². The number of carbonyl (C=O) groups is 1. The predicted molar refractivity (Wildman–Crippen MR) is 91.4 cm³/mol. The molecule has 0 unspecified atom stereocenters. The second kappa shape index (κ2) is 7.59. The van der Waals surface area contributed by atoms with Crippen LogP contribution in [0.15, 0.2) is 23.6 Å². The third-order valence-electron chi connectivity index (χ3n) is 3.46. The van der Waals surface area contributed by atoms with Crippen molar-refractivity contribution in [1.82, 2.24) is 24.6 Å². The van der Waals surface area contributed by atoms with Gasteiger partial charge in [0.15, 0.2) is 5.16 Å². The van der Waals surface area contributed by atoms with E-state index in [1.807, 2.05) is 53.3 Å². The van der Waals surface area contributed by atoms with Crippen molar-refractivity contribution in [3.8, 4) is 0 Å². The van der Waals surface area contributed by atoms with E-state index in [0.717, 1.165) is 23.4 Å². The van der Waals surface area contributed by atoms with Gasteiger partial charge in [0.05, 0.1) is 11.4 Å². The smallest absolute Gasteiger partial charge is 0.235 e. The molecule has 0 saturated carbocycles. The largest absolute Gasteiger partial charge is 0.344 e. The van der Waals surface area contributed by atoms with Gasteiger partial charge in [-0.15, -0.1) is 0 Å². The molecule has 0 aromatic carbocycles. The minimum Gasteiger partial charge on any atom is -0.344 e. The molecule has 0 aliphatic heterocycles. The fraction of sp³-hybridized carbons (Fsp3) is 0.500. The Hall–Kier alpha value is -1.89. The van der Waals surface area contributed by atoms with Gasteiger partial charge >= 0.3 is 0 Å². The van der Waals surface area contributed by atoms with Crippen LogP contribution in [0.3, 0.4) is 0 Å². The highest BCUT2D eigenvalue weighted by molar-refractivity contribution is 8.00. The number of likely N-dealkylation sites (N-methyl/N-ethyl adjacent to an activating group) is 1. The fourth-order valence-corrected chi connectivity index (χ4v) is 3.26. The summed E-state index contributed by atoms with van der Waals surface area (Å²) < 4.78 is 1.77. The maximum absolute atomic E-state index is 12.5. The van der Waals surface area contributed by atoms with Crippen molar-refractivity contribution in [3.05, 3.63) is 35.4 Å². The maximum Gasteiger partial charge on any atom is 0.235 e. The Morgan fingerprint density at radius 3 is 2.57 bits per heavy atom. The highest BCUT2D eigenvalue weighted by atomic mass is 32.2. The number of aryl methyl sites for hydroxylation is 3. The Morgan fingerprint density at radius 1 is 1.35 bits per heavy atom. The molecular formula is C16H23N5OS. The van der Waals surface area contributed by atoms with Crippen molar-refractivity contribution in [1.29, 1.82) is 0 Å². The van der Waals surface area contributed by atoms with Crippen molar-refractivity contribution < 1.29 is 4.79 Å². The molecule has 7 heteroatoms. The molecule has 2 aromatic heterocycles. The topological polar surface area (TPSA) is 63.9 Å². The van der Waals surface area contributed by atoms with Crippen LogP contribution < -0.4 is 0 Å². The molecule has 0 fully saturated rings. The summed E-state index contributed by atoms with van der Waals surface area (Å²) in [6.07, 6.45) is 4.60. The lowest BCUT2D eigenvalue weighted by Crippen LogP contribution is -2.34. The van der Waals surface area contributed by atoms with Gasteiger partial charge in [0, 0.05) is 38.2 Å². The van der Waals surface area contributed by atoms with Gasteiger partial charge in [0.25, 0.3) is 0 Å². The highest BCUT2D eigenvalue weighted by Crippen LogP contribution is 2.21. The van der Waals surface area contributed by atoms with Crippen LogP contribution >= 0.6 is 11.8 Å². The molecule has 1 atom stereocenters. The van der Waals surface area contributed by atoms with Crippen LogP contribution in [-0.2, 0) is 18.3 Å². The molecule has 0 aliphatic carbocycles. The molecule has 0 N–H and O–H groups in total. The monoisotopic (exact) mass is 333 g/mol. The maximum atomic E-state index is 12.5. The number of hydrogen-bond donors (Lipinski definition) is 0. The molecule has 0 aliphatic rings. The van der Waals surface area contributed by atoms with Crippen LogP contribution in [0.2, 0.25) is 0 Å². The molecule has 6 nitrogen and oxygen atoms in total. The summed E-state index contributed by atoms with van der Waals surface area (Å²) in [5.41, 5.74) is 2.97. The van der Waals surface area contributed by atoms with Crippen molar-refractivity contribution in [3.63, 3.8) is 0 Å². The van der Waals surface area contributed by atoms with E-state index in [4.69, 9.17) is 0 Å². The molecule has 0 bridgehead atoms. The first-order chi connectivity index (χ1) is 10.8. The van der Waals surface area contributed by atoms with Crippen molar-refractivity contribution in [2.75, 3.05) is 13.6 Å². The van der Waals surface area contributed by atoms with Crippen LogP contribution in [0.25, 0.3) is 0 Å². The van der Waals surface area contributed by atoms with E-state index in [-0.39, 0.29) is 11.2 Å². The Morgan fingerprint density at radius 2 is 2.00 bits per heavy atom. The van der Waals surface area contributed by atoms with Gasteiger partial charge in [-0.05, 0) is 38.8 Å². The average Bonchev–Trinajstić information content (AvgIpc) is 2.88. The van der Waals surface area contributed by atoms with E-state index >= 15 is 0 Å². The van der Waals surface area contributed by atoms with Gasteiger partial charge < -0.3 is 4.90 Å². The van der Waals surface area contributed by atoms with Gasteiger partial charge in [-0.2, -0.15) is 5.10 Å². The first-order valence-electron chi connectivity index (χ1n) is 7.56. The summed E-state index contributed by atoms with van der Waals surface area (Å²) in [5.74, 6) is 0.0849. The number of amides is 1. The Labute approximate surface area is 141 Å². The van der Waals surface area contributed by atoms with Crippen LogP contribution in [-0.4, -0.2) is 49.4 Å². The number of nitrogens with zero attached hydrogens (tertiary/aromatic N) is 5. The van der Waals surface area contributed by atoms with E-state index in [0.29, 0.717) is 11.7 Å². The average molecular weight is 333 g/mol. The molecule has 0 spiro atoms. The first kappa shape index (κ1) is 17.5. The van der Waals surface area contributed by atoms with Gasteiger partial charge in [-0.25, -0.2) is 9.97 Å². The minimum atomic E-state index is -0.213. The van der Waals surface area contributed by atoms with E-state index in [1.165, 1.54) is 11.8 Å². The zero-order valence-electron chi connectivity index (χ0n) is 14.3. The number of hydrogen-bond acceptors (Lipinski definition) is 5. The number of thioether (sulfide) groups is 1. The SMILES string of the molecule is Cc1cc(C)nc(S[C@@H](C)C(=O)N(C)CCc2cnn(C)c2)n1.